The number of hydrogen-bond donors (Lipinski definition) is 2. The number of piperazine rings is 1. The summed E-state index contributed by atoms with van der Waals surface area (Å²) in [7, 11) is 0. The van der Waals surface area contributed by atoms with Crippen LogP contribution in [0.15, 0.2) is 18.2 Å². The molecular weight excluding hydrogens is 267 g/mol. The van der Waals surface area contributed by atoms with E-state index in [1.807, 2.05) is 19.1 Å². The van der Waals surface area contributed by atoms with E-state index in [-0.39, 0.29) is 30.9 Å². The number of phenolic OH excluding ortho intramolecular Hbond substituents is 1. The average molecular weight is 289 g/mol. The molecule has 2 rings (SSSR count). The Balaban J connectivity index is 0.00000180. The topological polar surface area (TPSA) is 35.5 Å². The molecular formula is C14H22ClFN2O. The van der Waals surface area contributed by atoms with E-state index in [4.69, 9.17) is 0 Å². The molecule has 1 heterocycles. The van der Waals surface area contributed by atoms with Gasteiger partial charge in [-0.2, -0.15) is 0 Å². The molecule has 0 spiro atoms. The first-order valence-corrected chi connectivity index (χ1v) is 6.52. The fourth-order valence-corrected chi connectivity index (χ4v) is 2.57. The van der Waals surface area contributed by atoms with Crippen LogP contribution < -0.4 is 5.32 Å². The second-order valence-electron chi connectivity index (χ2n) is 4.84. The van der Waals surface area contributed by atoms with Crippen molar-refractivity contribution in [3.8, 4) is 5.75 Å². The summed E-state index contributed by atoms with van der Waals surface area (Å²) in [6.07, 6.45) is 0.441. The standard InChI is InChI=1S/C14H21FN2O.ClH/c1-11-2-3-14(18)12(10-11)13(4-5-15)17-8-6-16-7-9-17;/h2-3,10,13,16,18H,4-9H2,1H3;1H/t13-;/m1./s1. The molecule has 1 fully saturated rings. The van der Waals surface area contributed by atoms with E-state index < -0.39 is 0 Å². The molecule has 2 N–H and O–H groups in total. The number of halogens is 2. The minimum atomic E-state index is -0.359. The number of nitrogens with zero attached hydrogens (tertiary/aromatic N) is 1. The number of alkyl halides is 1. The fraction of sp³-hybridized carbons (Fsp3) is 0.571. The monoisotopic (exact) mass is 288 g/mol. The summed E-state index contributed by atoms with van der Waals surface area (Å²) in [5.41, 5.74) is 1.95. The van der Waals surface area contributed by atoms with Gasteiger partial charge in [0.05, 0.1) is 6.67 Å². The molecule has 5 heteroatoms. The highest BCUT2D eigenvalue weighted by atomic mass is 35.5. The minimum Gasteiger partial charge on any atom is -0.508 e. The average Bonchev–Trinajstić information content (AvgIpc) is 2.40. The summed E-state index contributed by atoms with van der Waals surface area (Å²) in [4.78, 5) is 2.25. The second kappa shape index (κ2) is 7.68. The van der Waals surface area contributed by atoms with Gasteiger partial charge in [-0.1, -0.05) is 17.7 Å². The summed E-state index contributed by atoms with van der Waals surface area (Å²) in [6, 6.07) is 5.54. The Morgan fingerprint density at radius 3 is 2.68 bits per heavy atom. The van der Waals surface area contributed by atoms with Crippen LogP contribution in [0.1, 0.15) is 23.6 Å². The number of phenols is 1. The highest BCUT2D eigenvalue weighted by Crippen LogP contribution is 2.32. The van der Waals surface area contributed by atoms with Crippen molar-refractivity contribution in [3.63, 3.8) is 0 Å². The van der Waals surface area contributed by atoms with Gasteiger partial charge in [0.1, 0.15) is 5.75 Å². The quantitative estimate of drug-likeness (QED) is 0.893. The SMILES string of the molecule is Cc1ccc(O)c([C@@H](CCF)N2CCNCC2)c1.Cl. The Morgan fingerprint density at radius 1 is 1.37 bits per heavy atom. The second-order valence-corrected chi connectivity index (χ2v) is 4.84. The van der Waals surface area contributed by atoms with Gasteiger partial charge in [-0.3, -0.25) is 9.29 Å². The van der Waals surface area contributed by atoms with E-state index in [2.05, 4.69) is 10.2 Å². The van der Waals surface area contributed by atoms with E-state index in [0.29, 0.717) is 6.42 Å². The lowest BCUT2D eigenvalue weighted by Gasteiger charge is -2.35. The van der Waals surface area contributed by atoms with Crippen molar-refractivity contribution in [2.45, 2.75) is 19.4 Å². The largest absolute Gasteiger partial charge is 0.508 e. The Morgan fingerprint density at radius 2 is 2.05 bits per heavy atom. The van der Waals surface area contributed by atoms with Gasteiger partial charge in [0.15, 0.2) is 0 Å². The molecule has 1 aromatic rings. The first-order valence-electron chi connectivity index (χ1n) is 6.52. The van der Waals surface area contributed by atoms with Crippen molar-refractivity contribution in [1.82, 2.24) is 10.2 Å². The van der Waals surface area contributed by atoms with E-state index in [0.717, 1.165) is 37.3 Å². The van der Waals surface area contributed by atoms with E-state index in [9.17, 15) is 9.50 Å². The van der Waals surface area contributed by atoms with Crippen LogP contribution >= 0.6 is 12.4 Å². The Hall–Kier alpha value is -0.840. The zero-order chi connectivity index (χ0) is 13.0. The predicted molar refractivity (Wildman–Crippen MR) is 77.9 cm³/mol. The lowest BCUT2D eigenvalue weighted by atomic mass is 9.98. The molecule has 1 aliphatic rings. The van der Waals surface area contributed by atoms with Crippen molar-refractivity contribution in [3.05, 3.63) is 29.3 Å². The number of nitrogens with one attached hydrogen (secondary N) is 1. The third kappa shape index (κ3) is 4.06. The third-order valence-electron chi connectivity index (χ3n) is 3.52. The van der Waals surface area contributed by atoms with Crippen LogP contribution in [0.5, 0.6) is 5.75 Å². The van der Waals surface area contributed by atoms with Gasteiger partial charge in [0, 0.05) is 37.8 Å². The van der Waals surface area contributed by atoms with Crippen LogP contribution in [0, 0.1) is 6.92 Å². The molecule has 0 aliphatic carbocycles. The van der Waals surface area contributed by atoms with Crippen molar-refractivity contribution in [2.24, 2.45) is 0 Å². The first kappa shape index (κ1) is 16.2. The Bertz CT molecular complexity index is 397. The van der Waals surface area contributed by atoms with Crippen LogP contribution in [0.25, 0.3) is 0 Å². The van der Waals surface area contributed by atoms with Gasteiger partial charge in [-0.25, -0.2) is 0 Å². The lowest BCUT2D eigenvalue weighted by Crippen LogP contribution is -2.45. The van der Waals surface area contributed by atoms with Gasteiger partial charge in [0.2, 0.25) is 0 Å². The molecule has 0 bridgehead atoms. The minimum absolute atomic E-state index is 0. The number of aromatic hydroxyl groups is 1. The number of rotatable bonds is 4. The number of benzene rings is 1. The highest BCUT2D eigenvalue weighted by molar-refractivity contribution is 5.85. The summed E-state index contributed by atoms with van der Waals surface area (Å²) in [5, 5.41) is 13.3. The predicted octanol–water partition coefficient (Wildman–Crippen LogP) is 2.43. The van der Waals surface area contributed by atoms with E-state index >= 15 is 0 Å². The fourth-order valence-electron chi connectivity index (χ4n) is 2.57. The van der Waals surface area contributed by atoms with E-state index in [1.54, 1.807) is 6.07 Å². The van der Waals surface area contributed by atoms with Crippen LogP contribution in [-0.4, -0.2) is 42.9 Å². The van der Waals surface area contributed by atoms with Crippen LogP contribution in [-0.2, 0) is 0 Å². The number of hydrogen-bond acceptors (Lipinski definition) is 3. The molecule has 1 aromatic carbocycles. The van der Waals surface area contributed by atoms with Crippen molar-refractivity contribution in [1.29, 1.82) is 0 Å². The maximum Gasteiger partial charge on any atom is 0.120 e. The molecule has 108 valence electrons. The van der Waals surface area contributed by atoms with Gasteiger partial charge in [-0.05, 0) is 19.4 Å². The molecule has 1 atom stereocenters. The molecule has 0 unspecified atom stereocenters. The van der Waals surface area contributed by atoms with Crippen LogP contribution in [0.2, 0.25) is 0 Å². The number of aryl methyl sites for hydroxylation is 1. The summed E-state index contributed by atoms with van der Waals surface area (Å²) in [5.74, 6) is 0.276. The molecule has 0 saturated carbocycles. The van der Waals surface area contributed by atoms with Gasteiger partial charge < -0.3 is 10.4 Å². The van der Waals surface area contributed by atoms with Crippen LogP contribution in [0.3, 0.4) is 0 Å². The molecule has 19 heavy (non-hydrogen) atoms. The zero-order valence-corrected chi connectivity index (χ0v) is 12.0. The van der Waals surface area contributed by atoms with Gasteiger partial charge >= 0.3 is 0 Å². The third-order valence-corrected chi connectivity index (χ3v) is 3.52. The molecule has 0 aromatic heterocycles. The molecule has 1 aliphatic heterocycles. The zero-order valence-electron chi connectivity index (χ0n) is 11.2. The maximum absolute atomic E-state index is 12.8. The Labute approximate surface area is 120 Å². The molecule has 0 amide bonds. The van der Waals surface area contributed by atoms with Gasteiger partial charge in [0.25, 0.3) is 0 Å². The van der Waals surface area contributed by atoms with Crippen LogP contribution in [0.4, 0.5) is 4.39 Å². The highest BCUT2D eigenvalue weighted by Gasteiger charge is 2.24. The van der Waals surface area contributed by atoms with Crippen molar-refractivity contribution in [2.75, 3.05) is 32.9 Å². The maximum atomic E-state index is 12.8. The summed E-state index contributed by atoms with van der Waals surface area (Å²) in [6.45, 7) is 5.29. The molecule has 0 radical (unpaired) electrons. The molecule has 1 saturated heterocycles. The smallest absolute Gasteiger partial charge is 0.120 e. The molecule has 3 nitrogen and oxygen atoms in total. The Kier molecular flexibility index (Phi) is 6.55. The van der Waals surface area contributed by atoms with E-state index in [1.165, 1.54) is 0 Å². The summed E-state index contributed by atoms with van der Waals surface area (Å²) >= 11 is 0. The van der Waals surface area contributed by atoms with Crippen molar-refractivity contribution < 1.29 is 9.50 Å². The normalized spacial score (nSPS) is 17.8. The first-order chi connectivity index (χ1) is 8.72. The summed E-state index contributed by atoms with van der Waals surface area (Å²) < 4.78 is 12.8. The van der Waals surface area contributed by atoms with Gasteiger partial charge in [-0.15, -0.1) is 12.4 Å². The van der Waals surface area contributed by atoms with Crippen molar-refractivity contribution >= 4 is 12.4 Å². The lowest BCUT2D eigenvalue weighted by molar-refractivity contribution is 0.155.